The Balaban J connectivity index is 2.62. The highest BCUT2D eigenvalue weighted by Crippen LogP contribution is 2.16. The second-order valence-corrected chi connectivity index (χ2v) is 3.42. The standard InChI is InChI=1S/C9H13NS/c1-3-11-10-9-7-5-4-6-8(9)2/h4-7,10H,3H2,1-2H3. The van der Waals surface area contributed by atoms with Crippen LogP contribution >= 0.6 is 11.9 Å². The normalized spacial score (nSPS) is 9.64. The van der Waals surface area contributed by atoms with Gasteiger partial charge in [-0.2, -0.15) is 0 Å². The molecular weight excluding hydrogens is 154 g/mol. The molecule has 0 radical (unpaired) electrons. The molecule has 0 heterocycles. The van der Waals surface area contributed by atoms with Crippen LogP contribution < -0.4 is 4.72 Å². The largest absolute Gasteiger partial charge is 0.330 e. The minimum atomic E-state index is 1.09. The molecule has 0 saturated heterocycles. The van der Waals surface area contributed by atoms with Crippen LogP contribution in [0, 0.1) is 6.92 Å². The lowest BCUT2D eigenvalue weighted by molar-refractivity contribution is 1.46. The SMILES string of the molecule is CCSNc1ccccc1C. The van der Waals surface area contributed by atoms with Gasteiger partial charge in [0.2, 0.25) is 0 Å². The van der Waals surface area contributed by atoms with Crippen molar-refractivity contribution in [3.63, 3.8) is 0 Å². The topological polar surface area (TPSA) is 12.0 Å². The summed E-state index contributed by atoms with van der Waals surface area (Å²) in [5, 5.41) is 0. The smallest absolute Gasteiger partial charge is 0.0469 e. The van der Waals surface area contributed by atoms with Crippen LogP contribution in [-0.4, -0.2) is 5.75 Å². The molecule has 1 nitrogen and oxygen atoms in total. The highest BCUT2D eigenvalue weighted by Gasteiger charge is 1.92. The number of hydrogen-bond acceptors (Lipinski definition) is 2. The maximum Gasteiger partial charge on any atom is 0.0469 e. The Morgan fingerprint density at radius 3 is 2.73 bits per heavy atom. The lowest BCUT2D eigenvalue weighted by Gasteiger charge is -2.05. The summed E-state index contributed by atoms with van der Waals surface area (Å²) in [4.78, 5) is 0. The Hall–Kier alpha value is -0.630. The van der Waals surface area contributed by atoms with E-state index in [1.807, 2.05) is 6.07 Å². The van der Waals surface area contributed by atoms with Crippen molar-refractivity contribution in [1.29, 1.82) is 0 Å². The van der Waals surface area contributed by atoms with E-state index in [0.29, 0.717) is 0 Å². The highest BCUT2D eigenvalue weighted by molar-refractivity contribution is 8.00. The van der Waals surface area contributed by atoms with Crippen LogP contribution in [0.2, 0.25) is 0 Å². The highest BCUT2D eigenvalue weighted by atomic mass is 32.2. The average molecular weight is 167 g/mol. The third-order valence-electron chi connectivity index (χ3n) is 1.47. The maximum absolute atomic E-state index is 3.28. The molecule has 0 unspecified atom stereocenters. The fourth-order valence-corrected chi connectivity index (χ4v) is 1.37. The number of para-hydroxylation sites is 1. The van der Waals surface area contributed by atoms with Crippen molar-refractivity contribution in [2.24, 2.45) is 0 Å². The van der Waals surface area contributed by atoms with Crippen molar-refractivity contribution in [1.82, 2.24) is 0 Å². The quantitative estimate of drug-likeness (QED) is 0.694. The summed E-state index contributed by atoms with van der Waals surface area (Å²) in [7, 11) is 0. The van der Waals surface area contributed by atoms with Crippen molar-refractivity contribution in [3.05, 3.63) is 29.8 Å². The fraction of sp³-hybridized carbons (Fsp3) is 0.333. The van der Waals surface area contributed by atoms with Gasteiger partial charge in [0.1, 0.15) is 0 Å². The van der Waals surface area contributed by atoms with E-state index in [1.165, 1.54) is 11.3 Å². The van der Waals surface area contributed by atoms with E-state index < -0.39 is 0 Å². The van der Waals surface area contributed by atoms with Crippen LogP contribution in [0.15, 0.2) is 24.3 Å². The second kappa shape index (κ2) is 4.29. The van der Waals surface area contributed by atoms with Gasteiger partial charge >= 0.3 is 0 Å². The second-order valence-electron chi connectivity index (χ2n) is 2.35. The number of nitrogens with one attached hydrogen (secondary N) is 1. The molecule has 0 aromatic heterocycles. The first-order valence-electron chi connectivity index (χ1n) is 3.78. The molecule has 0 fully saturated rings. The third kappa shape index (κ3) is 2.46. The van der Waals surface area contributed by atoms with E-state index in [2.05, 4.69) is 36.8 Å². The van der Waals surface area contributed by atoms with Gasteiger partial charge in [-0.3, -0.25) is 0 Å². The lowest BCUT2D eigenvalue weighted by atomic mass is 10.2. The Bertz CT molecular complexity index is 223. The van der Waals surface area contributed by atoms with E-state index in [1.54, 1.807) is 11.9 Å². The van der Waals surface area contributed by atoms with Gasteiger partial charge in [0.25, 0.3) is 0 Å². The first-order valence-corrected chi connectivity index (χ1v) is 4.76. The molecule has 0 aliphatic rings. The fourth-order valence-electron chi connectivity index (χ4n) is 0.837. The zero-order chi connectivity index (χ0) is 8.10. The predicted octanol–water partition coefficient (Wildman–Crippen LogP) is 3.08. The van der Waals surface area contributed by atoms with Gasteiger partial charge in [0.15, 0.2) is 0 Å². The van der Waals surface area contributed by atoms with Crippen LogP contribution in [0.25, 0.3) is 0 Å². The summed E-state index contributed by atoms with van der Waals surface area (Å²) >= 11 is 1.73. The minimum absolute atomic E-state index is 1.09. The molecule has 2 heteroatoms. The monoisotopic (exact) mass is 167 g/mol. The van der Waals surface area contributed by atoms with Gasteiger partial charge in [-0.05, 0) is 18.6 Å². The van der Waals surface area contributed by atoms with Gasteiger partial charge < -0.3 is 4.72 Å². The average Bonchev–Trinajstić information content (AvgIpc) is 2.03. The summed E-state index contributed by atoms with van der Waals surface area (Å²) < 4.78 is 3.28. The van der Waals surface area contributed by atoms with Gasteiger partial charge in [-0.15, -0.1) is 0 Å². The van der Waals surface area contributed by atoms with Crippen LogP contribution in [0.4, 0.5) is 5.69 Å². The zero-order valence-electron chi connectivity index (χ0n) is 6.92. The molecule has 0 atom stereocenters. The lowest BCUT2D eigenvalue weighted by Crippen LogP contribution is -1.89. The van der Waals surface area contributed by atoms with E-state index in [4.69, 9.17) is 0 Å². The number of hydrogen-bond donors (Lipinski definition) is 1. The number of anilines is 1. The first-order chi connectivity index (χ1) is 5.34. The minimum Gasteiger partial charge on any atom is -0.330 e. The van der Waals surface area contributed by atoms with Gasteiger partial charge in [-0.25, -0.2) is 0 Å². The van der Waals surface area contributed by atoms with Crippen molar-refractivity contribution in [2.45, 2.75) is 13.8 Å². The van der Waals surface area contributed by atoms with Crippen molar-refractivity contribution < 1.29 is 0 Å². The third-order valence-corrected chi connectivity index (χ3v) is 2.12. The van der Waals surface area contributed by atoms with Crippen LogP contribution in [0.1, 0.15) is 12.5 Å². The van der Waals surface area contributed by atoms with E-state index in [9.17, 15) is 0 Å². The summed E-state index contributed by atoms with van der Waals surface area (Å²) in [5.41, 5.74) is 2.52. The van der Waals surface area contributed by atoms with Crippen molar-refractivity contribution in [3.8, 4) is 0 Å². The molecule has 1 aromatic rings. The molecule has 1 aromatic carbocycles. The Morgan fingerprint density at radius 1 is 1.36 bits per heavy atom. The molecule has 1 N–H and O–H groups in total. The summed E-state index contributed by atoms with van der Waals surface area (Å²) in [6, 6.07) is 8.30. The van der Waals surface area contributed by atoms with Crippen molar-refractivity contribution >= 4 is 17.6 Å². The van der Waals surface area contributed by atoms with Crippen molar-refractivity contribution in [2.75, 3.05) is 10.5 Å². The van der Waals surface area contributed by atoms with Crippen LogP contribution in [0.3, 0.4) is 0 Å². The summed E-state index contributed by atoms with van der Waals surface area (Å²) in [6.45, 7) is 4.24. The molecule has 0 aliphatic carbocycles. The molecular formula is C9H13NS. The molecule has 60 valence electrons. The summed E-state index contributed by atoms with van der Waals surface area (Å²) in [6.07, 6.45) is 0. The number of aryl methyl sites for hydroxylation is 1. The predicted molar refractivity (Wildman–Crippen MR) is 52.9 cm³/mol. The van der Waals surface area contributed by atoms with Crippen LogP contribution in [0.5, 0.6) is 0 Å². The Morgan fingerprint density at radius 2 is 2.09 bits per heavy atom. The zero-order valence-corrected chi connectivity index (χ0v) is 7.74. The molecule has 1 rings (SSSR count). The molecule has 0 aliphatic heterocycles. The van der Waals surface area contributed by atoms with Crippen LogP contribution in [-0.2, 0) is 0 Å². The van der Waals surface area contributed by atoms with Gasteiger partial charge in [0.05, 0.1) is 0 Å². The van der Waals surface area contributed by atoms with E-state index >= 15 is 0 Å². The molecule has 0 spiro atoms. The number of benzene rings is 1. The molecule has 0 amide bonds. The van der Waals surface area contributed by atoms with Gasteiger partial charge in [-0.1, -0.05) is 37.1 Å². The van der Waals surface area contributed by atoms with E-state index in [0.717, 1.165) is 5.75 Å². The molecule has 0 saturated carbocycles. The summed E-state index contributed by atoms with van der Waals surface area (Å²) in [5.74, 6) is 1.09. The Kier molecular flexibility index (Phi) is 3.30. The van der Waals surface area contributed by atoms with E-state index in [-0.39, 0.29) is 0 Å². The first kappa shape index (κ1) is 8.47. The molecule has 11 heavy (non-hydrogen) atoms. The Labute approximate surface area is 72.3 Å². The number of rotatable bonds is 3. The maximum atomic E-state index is 3.28. The molecule has 0 bridgehead atoms. The van der Waals surface area contributed by atoms with Gasteiger partial charge in [0, 0.05) is 11.4 Å².